The molecule has 0 aliphatic heterocycles. The van der Waals surface area contributed by atoms with Crippen LogP contribution in [0.25, 0.3) is 0 Å². The number of hydrogen-bond donors (Lipinski definition) is 1. The molecule has 4 nitrogen and oxygen atoms in total. The third-order valence-corrected chi connectivity index (χ3v) is 4.53. The molecule has 1 aliphatic carbocycles. The average Bonchev–Trinajstić information content (AvgIpc) is 3.21. The molecule has 0 saturated heterocycles. The van der Waals surface area contributed by atoms with Gasteiger partial charge in [0.2, 0.25) is 0 Å². The van der Waals surface area contributed by atoms with Crippen LogP contribution in [0.5, 0.6) is 0 Å². The van der Waals surface area contributed by atoms with E-state index in [-0.39, 0.29) is 41.8 Å². The van der Waals surface area contributed by atoms with Gasteiger partial charge in [0.15, 0.2) is 5.96 Å². The minimum Gasteiger partial charge on any atom is -0.353 e. The first-order chi connectivity index (χ1) is 11.6. The van der Waals surface area contributed by atoms with E-state index in [1.54, 1.807) is 6.07 Å². The smallest absolute Gasteiger partial charge is 0.194 e. The Morgan fingerprint density at radius 2 is 2.08 bits per heavy atom. The molecule has 136 valence electrons. The monoisotopic (exact) mass is 456 g/mol. The summed E-state index contributed by atoms with van der Waals surface area (Å²) in [6, 6.07) is 11.5. The number of benzene rings is 1. The van der Waals surface area contributed by atoms with Gasteiger partial charge in [-0.15, -0.1) is 24.0 Å². The zero-order valence-electron chi connectivity index (χ0n) is 14.9. The normalized spacial score (nSPS) is 19.3. The highest BCUT2D eigenvalue weighted by molar-refractivity contribution is 14.0. The van der Waals surface area contributed by atoms with E-state index in [4.69, 9.17) is 0 Å². The molecule has 6 heteroatoms. The molecule has 1 heterocycles. The van der Waals surface area contributed by atoms with E-state index in [9.17, 15) is 4.39 Å². The topological polar surface area (TPSA) is 32.6 Å². The van der Waals surface area contributed by atoms with Gasteiger partial charge >= 0.3 is 0 Å². The molecule has 2 unspecified atom stereocenters. The minimum absolute atomic E-state index is 0. The van der Waals surface area contributed by atoms with Crippen LogP contribution in [0.3, 0.4) is 0 Å². The van der Waals surface area contributed by atoms with E-state index < -0.39 is 0 Å². The van der Waals surface area contributed by atoms with Gasteiger partial charge in [0, 0.05) is 44.5 Å². The van der Waals surface area contributed by atoms with Crippen molar-refractivity contribution in [2.24, 2.45) is 12.0 Å². The van der Waals surface area contributed by atoms with Crippen LogP contribution < -0.4 is 5.32 Å². The number of nitrogens with one attached hydrogen (secondary N) is 1. The molecule has 0 amide bonds. The summed E-state index contributed by atoms with van der Waals surface area (Å²) >= 11 is 0. The molecular weight excluding hydrogens is 430 g/mol. The standard InChI is InChI=1S/C19H25FN4.HI/c1-4-21-19(24(3)13-14-8-7-11-23(14)2)22-18-12-16(18)15-9-5-6-10-17(15)20;/h5-11,16,18H,4,12-13H2,1-3H3,(H,21,22);1H. The summed E-state index contributed by atoms with van der Waals surface area (Å²) in [7, 11) is 4.08. The molecule has 25 heavy (non-hydrogen) atoms. The van der Waals surface area contributed by atoms with Gasteiger partial charge in [0.25, 0.3) is 0 Å². The predicted octanol–water partition coefficient (Wildman–Crippen LogP) is 3.74. The van der Waals surface area contributed by atoms with Crippen LogP contribution in [-0.2, 0) is 13.6 Å². The van der Waals surface area contributed by atoms with Gasteiger partial charge < -0.3 is 14.8 Å². The third kappa shape index (κ3) is 4.74. The van der Waals surface area contributed by atoms with Crippen LogP contribution in [0.15, 0.2) is 47.6 Å². The fraction of sp³-hybridized carbons (Fsp3) is 0.421. The molecule has 3 rings (SSSR count). The number of aromatic nitrogens is 1. The SMILES string of the molecule is CCN=C(NC1CC1c1ccccc1F)N(C)Cc1cccn1C.I. The number of halogens is 2. The summed E-state index contributed by atoms with van der Waals surface area (Å²) in [6.45, 7) is 3.53. The van der Waals surface area contributed by atoms with Crippen LogP contribution in [0, 0.1) is 5.82 Å². The van der Waals surface area contributed by atoms with Gasteiger partial charge in [-0.3, -0.25) is 4.99 Å². The first-order valence-electron chi connectivity index (χ1n) is 8.47. The lowest BCUT2D eigenvalue weighted by Crippen LogP contribution is -2.40. The van der Waals surface area contributed by atoms with Crippen LogP contribution >= 0.6 is 24.0 Å². The maximum atomic E-state index is 13.9. The first kappa shape index (κ1) is 19.8. The average molecular weight is 456 g/mol. The lowest BCUT2D eigenvalue weighted by molar-refractivity contribution is 0.459. The number of rotatable bonds is 5. The molecule has 1 aromatic carbocycles. The van der Waals surface area contributed by atoms with Crippen molar-refractivity contribution < 1.29 is 4.39 Å². The van der Waals surface area contributed by atoms with Gasteiger partial charge in [-0.05, 0) is 37.1 Å². The fourth-order valence-corrected chi connectivity index (χ4v) is 3.04. The van der Waals surface area contributed by atoms with Crippen LogP contribution in [0.1, 0.15) is 30.5 Å². The first-order valence-corrected chi connectivity index (χ1v) is 8.47. The number of aliphatic imine (C=N–C) groups is 1. The summed E-state index contributed by atoms with van der Waals surface area (Å²) in [5.41, 5.74) is 2.03. The van der Waals surface area contributed by atoms with Crippen molar-refractivity contribution in [1.29, 1.82) is 0 Å². The van der Waals surface area contributed by atoms with Crippen molar-refractivity contribution in [3.63, 3.8) is 0 Å². The van der Waals surface area contributed by atoms with E-state index in [2.05, 4.69) is 25.8 Å². The quantitative estimate of drug-likeness (QED) is 0.423. The molecule has 2 atom stereocenters. The van der Waals surface area contributed by atoms with Crippen molar-refractivity contribution in [3.05, 3.63) is 59.7 Å². The van der Waals surface area contributed by atoms with E-state index in [0.717, 1.165) is 31.0 Å². The Kier molecular flexibility index (Phi) is 6.87. The third-order valence-electron chi connectivity index (χ3n) is 4.53. The highest BCUT2D eigenvalue weighted by Crippen LogP contribution is 2.41. The van der Waals surface area contributed by atoms with Gasteiger partial charge in [0.1, 0.15) is 5.82 Å². The summed E-state index contributed by atoms with van der Waals surface area (Å²) in [4.78, 5) is 6.71. The zero-order valence-corrected chi connectivity index (χ0v) is 17.3. The largest absolute Gasteiger partial charge is 0.353 e. The zero-order chi connectivity index (χ0) is 17.1. The Morgan fingerprint density at radius 1 is 1.32 bits per heavy atom. The van der Waals surface area contributed by atoms with Crippen molar-refractivity contribution in [2.75, 3.05) is 13.6 Å². The molecule has 0 bridgehead atoms. The Hall–Kier alpha value is -1.57. The molecular formula is C19H26FIN4. The summed E-state index contributed by atoms with van der Waals surface area (Å²) in [6.07, 6.45) is 2.99. The van der Waals surface area contributed by atoms with Gasteiger partial charge in [-0.25, -0.2) is 4.39 Å². The van der Waals surface area contributed by atoms with Crippen molar-refractivity contribution in [3.8, 4) is 0 Å². The number of nitrogens with zero attached hydrogens (tertiary/aromatic N) is 3. The second-order valence-electron chi connectivity index (χ2n) is 6.38. The number of aryl methyl sites for hydroxylation is 1. The highest BCUT2D eigenvalue weighted by Gasteiger charge is 2.40. The molecule has 0 radical (unpaired) electrons. The van der Waals surface area contributed by atoms with E-state index in [1.165, 1.54) is 11.8 Å². The van der Waals surface area contributed by atoms with Gasteiger partial charge in [-0.2, -0.15) is 0 Å². The Bertz CT molecular complexity index is 728. The maximum absolute atomic E-state index is 13.9. The fourth-order valence-electron chi connectivity index (χ4n) is 3.04. The Balaban J connectivity index is 0.00000225. The van der Waals surface area contributed by atoms with E-state index >= 15 is 0 Å². The number of hydrogen-bond acceptors (Lipinski definition) is 1. The van der Waals surface area contributed by atoms with Crippen LogP contribution in [0.4, 0.5) is 4.39 Å². The molecule has 1 aliphatic rings. The van der Waals surface area contributed by atoms with Crippen molar-refractivity contribution in [2.45, 2.75) is 31.8 Å². The Morgan fingerprint density at radius 3 is 2.72 bits per heavy atom. The van der Waals surface area contributed by atoms with Gasteiger partial charge in [-0.1, -0.05) is 18.2 Å². The maximum Gasteiger partial charge on any atom is 0.194 e. The molecule has 0 spiro atoms. The second kappa shape index (κ2) is 8.69. The number of guanidine groups is 1. The molecule has 2 aromatic rings. The van der Waals surface area contributed by atoms with Crippen molar-refractivity contribution in [1.82, 2.24) is 14.8 Å². The lowest BCUT2D eigenvalue weighted by atomic mass is 10.1. The molecule has 1 aromatic heterocycles. The van der Waals surface area contributed by atoms with Crippen LogP contribution in [0.2, 0.25) is 0 Å². The van der Waals surface area contributed by atoms with Crippen molar-refractivity contribution >= 4 is 29.9 Å². The minimum atomic E-state index is -0.113. The summed E-state index contributed by atoms with van der Waals surface area (Å²) in [5.74, 6) is 0.997. The highest BCUT2D eigenvalue weighted by atomic mass is 127. The summed E-state index contributed by atoms with van der Waals surface area (Å²) in [5, 5.41) is 3.50. The Labute approximate surface area is 166 Å². The predicted molar refractivity (Wildman–Crippen MR) is 111 cm³/mol. The molecule has 1 N–H and O–H groups in total. The van der Waals surface area contributed by atoms with Gasteiger partial charge in [0.05, 0.1) is 6.54 Å². The van der Waals surface area contributed by atoms with Crippen LogP contribution in [-0.4, -0.2) is 35.1 Å². The molecule has 1 fully saturated rings. The van der Waals surface area contributed by atoms with E-state index in [1.807, 2.05) is 45.4 Å². The summed E-state index contributed by atoms with van der Waals surface area (Å²) < 4.78 is 16.0. The van der Waals surface area contributed by atoms with E-state index in [0.29, 0.717) is 0 Å². The lowest BCUT2D eigenvalue weighted by Gasteiger charge is -2.23. The second-order valence-corrected chi connectivity index (χ2v) is 6.38. The molecule has 1 saturated carbocycles.